The van der Waals surface area contributed by atoms with Crippen LogP contribution in [0.15, 0.2) is 66.7 Å². The highest BCUT2D eigenvalue weighted by Gasteiger charge is 2.40. The monoisotopic (exact) mass is 512 g/mol. The number of rotatable bonds is 3. The normalized spacial score (nSPS) is 30.2. The van der Waals surface area contributed by atoms with Crippen LogP contribution in [0.1, 0.15) is 67.1 Å². The second kappa shape index (κ2) is 8.30. The van der Waals surface area contributed by atoms with E-state index in [0.29, 0.717) is 41.4 Å². The topological polar surface area (TPSA) is 24.1 Å². The van der Waals surface area contributed by atoms with E-state index in [0.717, 1.165) is 53.1 Å². The summed E-state index contributed by atoms with van der Waals surface area (Å²) < 4.78 is 42.7. The van der Waals surface area contributed by atoms with E-state index in [4.69, 9.17) is 0 Å². The summed E-state index contributed by atoms with van der Waals surface area (Å²) in [4.78, 5) is 0. The lowest BCUT2D eigenvalue weighted by Gasteiger charge is -2.47. The molecule has 5 heteroatoms. The van der Waals surface area contributed by atoms with Crippen molar-refractivity contribution in [2.24, 2.45) is 0 Å². The van der Waals surface area contributed by atoms with Crippen LogP contribution in [0.4, 0.5) is 13.2 Å². The Labute approximate surface area is 220 Å². The summed E-state index contributed by atoms with van der Waals surface area (Å²) in [5.41, 5.74) is 3.77. The Hall–Kier alpha value is -2.89. The first kappa shape index (κ1) is 23.0. The van der Waals surface area contributed by atoms with Crippen LogP contribution in [0.2, 0.25) is 0 Å². The first-order chi connectivity index (χ1) is 18.4. The molecular weight excluding hydrogens is 481 g/mol. The van der Waals surface area contributed by atoms with Crippen molar-refractivity contribution in [2.75, 3.05) is 0 Å². The van der Waals surface area contributed by atoms with Gasteiger partial charge in [-0.1, -0.05) is 54.6 Å². The van der Waals surface area contributed by atoms with Crippen molar-refractivity contribution >= 4 is 21.5 Å². The summed E-state index contributed by atoms with van der Waals surface area (Å²) in [6, 6.07) is 23.9. The van der Waals surface area contributed by atoms with Gasteiger partial charge in [-0.25, -0.2) is 0 Å². The van der Waals surface area contributed by atoms with Crippen LogP contribution in [0, 0.1) is 0 Å². The zero-order valence-corrected chi connectivity index (χ0v) is 21.2. The number of piperidine rings is 2. The van der Waals surface area contributed by atoms with Gasteiger partial charge in [0.1, 0.15) is 0 Å². The number of halogens is 3. The Morgan fingerprint density at radius 1 is 0.553 bits per heavy atom. The van der Waals surface area contributed by atoms with E-state index < -0.39 is 11.7 Å². The molecule has 2 aliphatic carbocycles. The van der Waals surface area contributed by atoms with Gasteiger partial charge in [-0.15, -0.1) is 0 Å². The SMILES string of the molecule is FC(F)(F)c1ccc(C2CC3CC(C2)N3)c2ccc(-c3cccc4c(C5CC6CC(C5)N6)cccc34)cc12. The molecule has 4 saturated heterocycles. The number of nitrogens with one attached hydrogen (secondary N) is 2. The Bertz CT molecular complexity index is 1540. The maximum atomic E-state index is 14.2. The average molecular weight is 513 g/mol. The van der Waals surface area contributed by atoms with Crippen LogP contribution in [0.25, 0.3) is 32.7 Å². The summed E-state index contributed by atoms with van der Waals surface area (Å²) in [6.45, 7) is 0. The van der Waals surface area contributed by atoms with Crippen molar-refractivity contribution in [3.8, 4) is 11.1 Å². The Morgan fingerprint density at radius 3 is 1.74 bits per heavy atom. The van der Waals surface area contributed by atoms with Gasteiger partial charge in [0.25, 0.3) is 0 Å². The predicted molar refractivity (Wildman–Crippen MR) is 146 cm³/mol. The maximum absolute atomic E-state index is 14.2. The van der Waals surface area contributed by atoms with Crippen LogP contribution in [0.5, 0.6) is 0 Å². The first-order valence-corrected chi connectivity index (χ1v) is 14.1. The molecular formula is C33H31F3N2. The van der Waals surface area contributed by atoms with Crippen LogP contribution in [-0.4, -0.2) is 24.2 Å². The minimum Gasteiger partial charge on any atom is -0.311 e. The lowest BCUT2D eigenvalue weighted by Crippen LogP contribution is -2.57. The third kappa shape index (κ3) is 3.62. The van der Waals surface area contributed by atoms with Crippen molar-refractivity contribution in [1.82, 2.24) is 10.6 Å². The Balaban J connectivity index is 1.26. The minimum absolute atomic E-state index is 0.312. The highest BCUT2D eigenvalue weighted by molar-refractivity contribution is 6.01. The molecule has 4 aromatic carbocycles. The van der Waals surface area contributed by atoms with Gasteiger partial charge >= 0.3 is 6.18 Å². The second-order valence-corrected chi connectivity index (χ2v) is 12.1. The molecule has 10 rings (SSSR count). The number of hydrogen-bond donors (Lipinski definition) is 2. The third-order valence-corrected chi connectivity index (χ3v) is 9.86. The molecule has 4 aromatic rings. The van der Waals surface area contributed by atoms with Gasteiger partial charge in [0, 0.05) is 24.2 Å². The van der Waals surface area contributed by atoms with Gasteiger partial charge in [0.2, 0.25) is 0 Å². The van der Waals surface area contributed by atoms with Crippen LogP contribution >= 0.6 is 0 Å². The fourth-order valence-corrected chi connectivity index (χ4v) is 8.12. The van der Waals surface area contributed by atoms with Crippen LogP contribution in [-0.2, 0) is 6.18 Å². The Morgan fingerprint density at radius 2 is 1.11 bits per heavy atom. The van der Waals surface area contributed by atoms with Gasteiger partial charge in [0.05, 0.1) is 5.56 Å². The molecule has 194 valence electrons. The molecule has 0 spiro atoms. The van der Waals surface area contributed by atoms with Gasteiger partial charge in [0.15, 0.2) is 0 Å². The molecule has 0 amide bonds. The number of hydrogen-bond acceptors (Lipinski definition) is 2. The van der Waals surface area contributed by atoms with Crippen molar-refractivity contribution in [2.45, 2.75) is 80.7 Å². The largest absolute Gasteiger partial charge is 0.417 e. The fourth-order valence-electron chi connectivity index (χ4n) is 8.12. The average Bonchev–Trinajstić information content (AvgIpc) is 2.90. The van der Waals surface area contributed by atoms with E-state index in [2.05, 4.69) is 47.0 Å². The van der Waals surface area contributed by atoms with E-state index >= 15 is 0 Å². The quantitative estimate of drug-likeness (QED) is 0.292. The molecule has 4 aliphatic heterocycles. The predicted octanol–water partition coefficient (Wildman–Crippen LogP) is 7.89. The van der Waals surface area contributed by atoms with Gasteiger partial charge in [-0.3, -0.25) is 0 Å². The molecule has 2 saturated carbocycles. The van der Waals surface area contributed by atoms with Crippen LogP contribution < -0.4 is 10.6 Å². The summed E-state index contributed by atoms with van der Waals surface area (Å²) in [5.74, 6) is 0.845. The molecule has 4 heterocycles. The molecule has 4 bridgehead atoms. The van der Waals surface area contributed by atoms with Crippen molar-refractivity contribution in [3.05, 3.63) is 83.4 Å². The third-order valence-electron chi connectivity index (χ3n) is 9.86. The smallest absolute Gasteiger partial charge is 0.311 e. The second-order valence-electron chi connectivity index (χ2n) is 12.1. The Kier molecular flexibility index (Phi) is 5.03. The molecule has 4 unspecified atom stereocenters. The molecule has 6 fully saturated rings. The van der Waals surface area contributed by atoms with E-state index in [9.17, 15) is 13.2 Å². The number of benzene rings is 4. The summed E-state index contributed by atoms with van der Waals surface area (Å²) in [6.07, 6.45) is 2.41. The fraction of sp³-hybridized carbons (Fsp3) is 0.394. The molecule has 2 N–H and O–H groups in total. The minimum atomic E-state index is -4.40. The van der Waals surface area contributed by atoms with Crippen molar-refractivity contribution < 1.29 is 13.2 Å². The molecule has 4 atom stereocenters. The summed E-state index contributed by atoms with van der Waals surface area (Å²) >= 11 is 0. The van der Waals surface area contributed by atoms with Crippen molar-refractivity contribution in [1.29, 1.82) is 0 Å². The lowest BCUT2D eigenvalue weighted by atomic mass is 9.72. The van der Waals surface area contributed by atoms with E-state index in [1.807, 2.05) is 12.1 Å². The molecule has 2 nitrogen and oxygen atoms in total. The van der Waals surface area contributed by atoms with Crippen LogP contribution in [0.3, 0.4) is 0 Å². The summed E-state index contributed by atoms with van der Waals surface area (Å²) in [5, 5.41) is 10.6. The van der Waals surface area contributed by atoms with E-state index in [1.165, 1.54) is 29.9 Å². The molecule has 6 aliphatic rings. The number of fused-ring (bicyclic) bond motifs is 6. The van der Waals surface area contributed by atoms with Crippen molar-refractivity contribution in [3.63, 3.8) is 0 Å². The first-order valence-electron chi connectivity index (χ1n) is 14.1. The van der Waals surface area contributed by atoms with Gasteiger partial charge in [-0.2, -0.15) is 13.2 Å². The van der Waals surface area contributed by atoms with E-state index in [1.54, 1.807) is 12.1 Å². The zero-order chi connectivity index (χ0) is 25.6. The number of alkyl halides is 3. The lowest BCUT2D eigenvalue weighted by molar-refractivity contribution is -0.136. The molecule has 0 radical (unpaired) electrons. The molecule has 0 aromatic heterocycles. The standard InChI is InChI=1S/C33H31F3N2/c34-33(35,36)32-10-9-27(20-13-23-17-24(14-20)38-23)30-8-7-18(15-31(30)32)25-3-1-6-29-26(4-2-5-28(25)29)19-11-21-16-22(12-19)37-21/h1-10,15,19-24,37-38H,11-14,16-17H2. The highest BCUT2D eigenvalue weighted by atomic mass is 19.4. The molecule has 38 heavy (non-hydrogen) atoms. The zero-order valence-electron chi connectivity index (χ0n) is 21.2. The van der Waals surface area contributed by atoms with Gasteiger partial charge in [-0.05, 0) is 106 Å². The maximum Gasteiger partial charge on any atom is 0.417 e. The van der Waals surface area contributed by atoms with E-state index in [-0.39, 0.29) is 0 Å². The summed E-state index contributed by atoms with van der Waals surface area (Å²) in [7, 11) is 0. The van der Waals surface area contributed by atoms with Gasteiger partial charge < -0.3 is 10.6 Å². The highest BCUT2D eigenvalue weighted by Crippen LogP contribution is 2.46.